The summed E-state index contributed by atoms with van der Waals surface area (Å²) < 4.78 is 14.6. The van der Waals surface area contributed by atoms with Crippen LogP contribution in [0.1, 0.15) is 18.5 Å². The van der Waals surface area contributed by atoms with Crippen molar-refractivity contribution >= 4 is 17.2 Å². The van der Waals surface area contributed by atoms with Gasteiger partial charge in [-0.05, 0) is 25.8 Å². The SMILES string of the molecule is COCCOC1CC(Nc2ncc3c(-c4cnc5ncc(C)n5c4)ccn3n2)C1. The maximum Gasteiger partial charge on any atom is 0.241 e. The van der Waals surface area contributed by atoms with E-state index in [4.69, 9.17) is 9.47 Å². The minimum atomic E-state index is 0.290. The lowest BCUT2D eigenvalue weighted by Gasteiger charge is -2.35. The average Bonchev–Trinajstić information content (AvgIpc) is 3.29. The van der Waals surface area contributed by atoms with Crippen LogP contribution in [0.25, 0.3) is 22.4 Å². The van der Waals surface area contributed by atoms with Gasteiger partial charge in [-0.2, -0.15) is 0 Å². The van der Waals surface area contributed by atoms with Crippen molar-refractivity contribution in [2.45, 2.75) is 31.9 Å². The topological polar surface area (TPSA) is 90.9 Å². The van der Waals surface area contributed by atoms with Gasteiger partial charge in [-0.1, -0.05) is 0 Å². The lowest BCUT2D eigenvalue weighted by atomic mass is 9.89. The molecular formula is C20H23N7O2. The first-order chi connectivity index (χ1) is 14.2. The largest absolute Gasteiger partial charge is 0.382 e. The van der Waals surface area contributed by atoms with E-state index in [0.717, 1.165) is 35.2 Å². The third-order valence-electron chi connectivity index (χ3n) is 5.35. The molecule has 1 aliphatic carbocycles. The Kier molecular flexibility index (Phi) is 4.61. The van der Waals surface area contributed by atoms with E-state index in [2.05, 4.69) is 25.4 Å². The van der Waals surface area contributed by atoms with Gasteiger partial charge in [0.05, 0.1) is 37.2 Å². The zero-order valence-corrected chi connectivity index (χ0v) is 16.4. The summed E-state index contributed by atoms with van der Waals surface area (Å²) in [4.78, 5) is 13.2. The molecule has 0 bridgehead atoms. The molecule has 29 heavy (non-hydrogen) atoms. The second-order valence-electron chi connectivity index (χ2n) is 7.35. The molecule has 4 aromatic heterocycles. The van der Waals surface area contributed by atoms with E-state index in [9.17, 15) is 0 Å². The number of aryl methyl sites for hydroxylation is 1. The van der Waals surface area contributed by atoms with Crippen molar-refractivity contribution in [3.8, 4) is 11.1 Å². The summed E-state index contributed by atoms with van der Waals surface area (Å²) in [7, 11) is 1.68. The predicted octanol–water partition coefficient (Wildman–Crippen LogP) is 2.35. The maximum atomic E-state index is 5.72. The van der Waals surface area contributed by atoms with E-state index >= 15 is 0 Å². The number of fused-ring (bicyclic) bond motifs is 2. The number of imidazole rings is 1. The summed E-state index contributed by atoms with van der Waals surface area (Å²) in [5, 5.41) is 8.00. The molecule has 5 rings (SSSR count). The molecule has 0 amide bonds. The molecule has 1 aliphatic rings. The number of methoxy groups -OCH3 is 1. The molecule has 1 saturated carbocycles. The van der Waals surface area contributed by atoms with Gasteiger partial charge in [0.25, 0.3) is 0 Å². The number of ether oxygens (including phenoxy) is 2. The second kappa shape index (κ2) is 7.41. The molecule has 4 heterocycles. The van der Waals surface area contributed by atoms with Crippen molar-refractivity contribution in [3.05, 3.63) is 42.7 Å². The lowest BCUT2D eigenvalue weighted by molar-refractivity contribution is -0.0261. The van der Waals surface area contributed by atoms with Crippen LogP contribution in [-0.2, 0) is 9.47 Å². The minimum absolute atomic E-state index is 0.290. The van der Waals surface area contributed by atoms with E-state index in [1.54, 1.807) is 7.11 Å². The van der Waals surface area contributed by atoms with Crippen LogP contribution in [0.2, 0.25) is 0 Å². The van der Waals surface area contributed by atoms with Crippen LogP contribution in [0.15, 0.2) is 37.1 Å². The molecule has 9 heteroatoms. The fourth-order valence-electron chi connectivity index (χ4n) is 3.64. The highest BCUT2D eigenvalue weighted by molar-refractivity contribution is 5.79. The average molecular weight is 393 g/mol. The van der Waals surface area contributed by atoms with Crippen LogP contribution in [-0.4, -0.2) is 61.4 Å². The quantitative estimate of drug-likeness (QED) is 0.482. The fraction of sp³-hybridized carbons (Fsp3) is 0.400. The Morgan fingerprint density at radius 1 is 1.14 bits per heavy atom. The number of rotatable bonds is 7. The third-order valence-corrected chi connectivity index (χ3v) is 5.35. The zero-order valence-electron chi connectivity index (χ0n) is 16.4. The monoisotopic (exact) mass is 393 g/mol. The van der Waals surface area contributed by atoms with E-state index in [1.165, 1.54) is 0 Å². The Morgan fingerprint density at radius 3 is 2.86 bits per heavy atom. The highest BCUT2D eigenvalue weighted by Gasteiger charge is 2.30. The highest BCUT2D eigenvalue weighted by atomic mass is 16.5. The first-order valence-electron chi connectivity index (χ1n) is 9.73. The Labute approximate surface area is 167 Å². The number of hydrogen-bond acceptors (Lipinski definition) is 7. The van der Waals surface area contributed by atoms with Crippen LogP contribution in [0.4, 0.5) is 5.95 Å². The molecule has 0 aliphatic heterocycles. The van der Waals surface area contributed by atoms with Gasteiger partial charge in [0, 0.05) is 48.6 Å². The Hall–Kier alpha value is -3.04. The molecule has 0 atom stereocenters. The van der Waals surface area contributed by atoms with Crippen LogP contribution in [0, 0.1) is 6.92 Å². The van der Waals surface area contributed by atoms with Crippen molar-refractivity contribution in [2.75, 3.05) is 25.6 Å². The van der Waals surface area contributed by atoms with Gasteiger partial charge in [-0.25, -0.2) is 19.5 Å². The van der Waals surface area contributed by atoms with Gasteiger partial charge in [0.15, 0.2) is 0 Å². The molecule has 9 nitrogen and oxygen atoms in total. The predicted molar refractivity (Wildman–Crippen MR) is 108 cm³/mol. The Balaban J connectivity index is 1.30. The summed E-state index contributed by atoms with van der Waals surface area (Å²) in [5.74, 6) is 1.32. The van der Waals surface area contributed by atoms with Gasteiger partial charge in [0.2, 0.25) is 11.7 Å². The van der Waals surface area contributed by atoms with Crippen molar-refractivity contribution < 1.29 is 9.47 Å². The van der Waals surface area contributed by atoms with Gasteiger partial charge in [0.1, 0.15) is 0 Å². The van der Waals surface area contributed by atoms with Gasteiger partial charge in [-0.3, -0.25) is 4.40 Å². The zero-order chi connectivity index (χ0) is 19.8. The molecule has 1 N–H and O–H groups in total. The minimum Gasteiger partial charge on any atom is -0.382 e. The Morgan fingerprint density at radius 2 is 2.00 bits per heavy atom. The summed E-state index contributed by atoms with van der Waals surface area (Å²) >= 11 is 0. The summed E-state index contributed by atoms with van der Waals surface area (Å²) in [6, 6.07) is 2.37. The van der Waals surface area contributed by atoms with Crippen molar-refractivity contribution in [3.63, 3.8) is 0 Å². The molecule has 0 radical (unpaired) electrons. The molecule has 150 valence electrons. The van der Waals surface area contributed by atoms with Gasteiger partial charge < -0.3 is 14.8 Å². The van der Waals surface area contributed by atoms with Crippen molar-refractivity contribution in [2.24, 2.45) is 0 Å². The molecule has 4 aromatic rings. The molecule has 0 spiro atoms. The van der Waals surface area contributed by atoms with Crippen molar-refractivity contribution in [1.29, 1.82) is 0 Å². The lowest BCUT2D eigenvalue weighted by Crippen LogP contribution is -2.41. The third kappa shape index (κ3) is 3.43. The number of nitrogens with one attached hydrogen (secondary N) is 1. The molecule has 0 unspecified atom stereocenters. The van der Waals surface area contributed by atoms with Crippen molar-refractivity contribution in [1.82, 2.24) is 29.0 Å². The first-order valence-corrected chi connectivity index (χ1v) is 9.73. The smallest absolute Gasteiger partial charge is 0.241 e. The normalized spacial score (nSPS) is 19.0. The molecular weight excluding hydrogens is 370 g/mol. The number of nitrogens with zero attached hydrogens (tertiary/aromatic N) is 6. The highest BCUT2D eigenvalue weighted by Crippen LogP contribution is 2.27. The van der Waals surface area contributed by atoms with Crippen LogP contribution >= 0.6 is 0 Å². The van der Waals surface area contributed by atoms with E-state index in [-0.39, 0.29) is 0 Å². The fourth-order valence-corrected chi connectivity index (χ4v) is 3.64. The van der Waals surface area contributed by atoms with Gasteiger partial charge >= 0.3 is 0 Å². The molecule has 1 fully saturated rings. The van der Waals surface area contributed by atoms with E-state index in [1.807, 2.05) is 52.9 Å². The van der Waals surface area contributed by atoms with Crippen LogP contribution < -0.4 is 5.32 Å². The number of hydrogen-bond donors (Lipinski definition) is 1. The van der Waals surface area contributed by atoms with Crippen LogP contribution in [0.3, 0.4) is 0 Å². The first kappa shape index (κ1) is 18.0. The van der Waals surface area contributed by atoms with Gasteiger partial charge in [-0.15, -0.1) is 5.10 Å². The Bertz CT molecular complexity index is 1150. The number of aromatic nitrogens is 6. The summed E-state index contributed by atoms with van der Waals surface area (Å²) in [6.07, 6.45) is 11.7. The second-order valence-corrected chi connectivity index (χ2v) is 7.35. The molecule has 0 saturated heterocycles. The molecule has 0 aromatic carbocycles. The van der Waals surface area contributed by atoms with E-state index < -0.39 is 0 Å². The standard InChI is InChI=1S/C20H23N7O2/c1-13-9-22-20-23-10-14(12-26(13)20)17-3-4-27-18(17)11-21-19(25-27)24-15-7-16(8-15)29-6-5-28-2/h3-4,9-12,15-16H,5-8H2,1-2H3,(H,24,25). The van der Waals surface area contributed by atoms with E-state index in [0.29, 0.717) is 37.1 Å². The summed E-state index contributed by atoms with van der Waals surface area (Å²) in [5.41, 5.74) is 4.02. The van der Waals surface area contributed by atoms with Crippen LogP contribution in [0.5, 0.6) is 0 Å². The summed E-state index contributed by atoms with van der Waals surface area (Å²) in [6.45, 7) is 3.28. The maximum absolute atomic E-state index is 5.72. The number of anilines is 1.